The van der Waals surface area contributed by atoms with E-state index in [9.17, 15) is 14.4 Å². The first kappa shape index (κ1) is 14.8. The number of carbonyl (C=O) groups excluding carboxylic acids is 2. The number of amides is 2. The highest BCUT2D eigenvalue weighted by molar-refractivity contribution is 5.85. The van der Waals surface area contributed by atoms with Crippen molar-refractivity contribution in [2.75, 3.05) is 26.2 Å². The number of carboxylic acid groups (broad SMARTS) is 1. The number of likely N-dealkylation sites (tertiary alicyclic amines) is 2. The van der Waals surface area contributed by atoms with Crippen molar-refractivity contribution in [3.8, 4) is 0 Å². The fraction of sp³-hybridized carbons (Fsp3) is 0.786. The van der Waals surface area contributed by atoms with Gasteiger partial charge < -0.3 is 14.9 Å². The average Bonchev–Trinajstić information content (AvgIpc) is 2.68. The summed E-state index contributed by atoms with van der Waals surface area (Å²) in [5.74, 6) is -1.46. The zero-order valence-corrected chi connectivity index (χ0v) is 11.9. The molecule has 1 N–H and O–H groups in total. The van der Waals surface area contributed by atoms with E-state index in [1.165, 1.54) is 0 Å². The Kier molecular flexibility index (Phi) is 4.62. The minimum Gasteiger partial charge on any atom is -0.481 e. The number of carboxylic acids is 1. The van der Waals surface area contributed by atoms with Gasteiger partial charge in [0, 0.05) is 26.1 Å². The molecule has 2 saturated heterocycles. The normalized spacial score (nSPS) is 27.6. The third-order valence-corrected chi connectivity index (χ3v) is 4.28. The Morgan fingerprint density at radius 2 is 2.00 bits per heavy atom. The van der Waals surface area contributed by atoms with Crippen LogP contribution in [0.25, 0.3) is 0 Å². The topological polar surface area (TPSA) is 77.9 Å². The Labute approximate surface area is 118 Å². The molecular formula is C14H22N2O4. The van der Waals surface area contributed by atoms with E-state index >= 15 is 0 Å². The monoisotopic (exact) mass is 282 g/mol. The molecular weight excluding hydrogens is 260 g/mol. The van der Waals surface area contributed by atoms with Gasteiger partial charge in [-0.15, -0.1) is 0 Å². The maximum Gasteiger partial charge on any atom is 0.308 e. The highest BCUT2D eigenvalue weighted by Crippen LogP contribution is 2.23. The smallest absolute Gasteiger partial charge is 0.308 e. The third kappa shape index (κ3) is 3.29. The van der Waals surface area contributed by atoms with Crippen LogP contribution in [0.5, 0.6) is 0 Å². The lowest BCUT2D eigenvalue weighted by Crippen LogP contribution is -2.42. The Balaban J connectivity index is 1.92. The van der Waals surface area contributed by atoms with Gasteiger partial charge in [-0.2, -0.15) is 0 Å². The molecule has 2 heterocycles. The summed E-state index contributed by atoms with van der Waals surface area (Å²) in [7, 11) is 0. The SMILES string of the molecule is C[C@@H]1CN(C(=O)CN2CCCCCC2=O)C[C@H]1C(=O)O. The quantitative estimate of drug-likeness (QED) is 0.821. The van der Waals surface area contributed by atoms with Crippen molar-refractivity contribution in [3.63, 3.8) is 0 Å². The van der Waals surface area contributed by atoms with Crippen LogP contribution in [0.1, 0.15) is 32.6 Å². The Hall–Kier alpha value is -1.59. The van der Waals surface area contributed by atoms with Crippen LogP contribution >= 0.6 is 0 Å². The van der Waals surface area contributed by atoms with Crippen molar-refractivity contribution in [3.05, 3.63) is 0 Å². The van der Waals surface area contributed by atoms with Gasteiger partial charge in [0.2, 0.25) is 11.8 Å². The van der Waals surface area contributed by atoms with Crippen LogP contribution < -0.4 is 0 Å². The van der Waals surface area contributed by atoms with Gasteiger partial charge >= 0.3 is 5.97 Å². The summed E-state index contributed by atoms with van der Waals surface area (Å²) in [6, 6.07) is 0. The van der Waals surface area contributed by atoms with Gasteiger partial charge in [-0.3, -0.25) is 14.4 Å². The summed E-state index contributed by atoms with van der Waals surface area (Å²) >= 11 is 0. The summed E-state index contributed by atoms with van der Waals surface area (Å²) in [6.07, 6.45) is 3.37. The molecule has 112 valence electrons. The van der Waals surface area contributed by atoms with Gasteiger partial charge in [-0.1, -0.05) is 13.3 Å². The molecule has 2 aliphatic heterocycles. The highest BCUT2D eigenvalue weighted by atomic mass is 16.4. The van der Waals surface area contributed by atoms with Crippen molar-refractivity contribution in [1.82, 2.24) is 9.80 Å². The lowest BCUT2D eigenvalue weighted by atomic mass is 9.99. The predicted octanol–water partition coefficient (Wildman–Crippen LogP) is 0.568. The van der Waals surface area contributed by atoms with Gasteiger partial charge in [0.05, 0.1) is 12.5 Å². The van der Waals surface area contributed by atoms with Crippen LogP contribution in [0.3, 0.4) is 0 Å². The molecule has 20 heavy (non-hydrogen) atoms. The molecule has 0 aromatic heterocycles. The summed E-state index contributed by atoms with van der Waals surface area (Å²) in [6.45, 7) is 3.31. The zero-order valence-electron chi connectivity index (χ0n) is 11.9. The van der Waals surface area contributed by atoms with E-state index in [-0.39, 0.29) is 30.8 Å². The molecule has 2 amide bonds. The lowest BCUT2D eigenvalue weighted by Gasteiger charge is -2.23. The number of hydrogen-bond donors (Lipinski definition) is 1. The molecule has 2 fully saturated rings. The van der Waals surface area contributed by atoms with E-state index in [4.69, 9.17) is 5.11 Å². The third-order valence-electron chi connectivity index (χ3n) is 4.28. The Morgan fingerprint density at radius 3 is 2.65 bits per heavy atom. The molecule has 0 aliphatic carbocycles. The number of hydrogen-bond acceptors (Lipinski definition) is 3. The van der Waals surface area contributed by atoms with Crippen molar-refractivity contribution >= 4 is 17.8 Å². The Bertz CT molecular complexity index is 410. The first-order valence-electron chi connectivity index (χ1n) is 7.27. The first-order chi connectivity index (χ1) is 9.49. The van der Waals surface area contributed by atoms with E-state index in [2.05, 4.69) is 0 Å². The largest absolute Gasteiger partial charge is 0.481 e. The van der Waals surface area contributed by atoms with Crippen molar-refractivity contribution in [2.24, 2.45) is 11.8 Å². The van der Waals surface area contributed by atoms with Crippen LogP contribution in [0.15, 0.2) is 0 Å². The molecule has 6 nitrogen and oxygen atoms in total. The number of rotatable bonds is 3. The van der Waals surface area contributed by atoms with Gasteiger partial charge in [-0.05, 0) is 18.8 Å². The molecule has 0 radical (unpaired) electrons. The molecule has 2 atom stereocenters. The van der Waals surface area contributed by atoms with Gasteiger partial charge in [0.15, 0.2) is 0 Å². The molecule has 0 saturated carbocycles. The molecule has 0 unspecified atom stereocenters. The summed E-state index contributed by atoms with van der Waals surface area (Å²) in [5, 5.41) is 9.08. The van der Waals surface area contributed by atoms with Crippen molar-refractivity contribution in [2.45, 2.75) is 32.6 Å². The molecule has 2 aliphatic rings. The number of aliphatic carboxylic acids is 1. The van der Waals surface area contributed by atoms with Gasteiger partial charge in [-0.25, -0.2) is 0 Å². The standard InChI is InChI=1S/C14H22N2O4/c1-10-7-16(8-11(10)14(19)20)13(18)9-15-6-4-2-3-5-12(15)17/h10-11H,2-9H2,1H3,(H,19,20)/t10-,11-/m1/s1. The predicted molar refractivity (Wildman–Crippen MR) is 71.9 cm³/mol. The van der Waals surface area contributed by atoms with Crippen LogP contribution in [0, 0.1) is 11.8 Å². The fourth-order valence-electron chi connectivity index (χ4n) is 2.96. The summed E-state index contributed by atoms with van der Waals surface area (Å²) < 4.78 is 0. The lowest BCUT2D eigenvalue weighted by molar-refractivity contribution is -0.143. The fourth-order valence-corrected chi connectivity index (χ4v) is 2.96. The second kappa shape index (κ2) is 6.24. The number of carbonyl (C=O) groups is 3. The van der Waals surface area contributed by atoms with E-state index in [1.54, 1.807) is 9.80 Å². The average molecular weight is 282 g/mol. The maximum atomic E-state index is 12.2. The molecule has 0 aromatic carbocycles. The summed E-state index contributed by atoms with van der Waals surface area (Å²) in [4.78, 5) is 38.4. The second-order valence-corrected chi connectivity index (χ2v) is 5.85. The molecule has 0 aromatic rings. The van der Waals surface area contributed by atoms with Gasteiger partial charge in [0.1, 0.15) is 0 Å². The van der Waals surface area contributed by atoms with Gasteiger partial charge in [0.25, 0.3) is 0 Å². The van der Waals surface area contributed by atoms with E-state index < -0.39 is 11.9 Å². The minimum atomic E-state index is -0.848. The van der Waals surface area contributed by atoms with E-state index in [0.717, 1.165) is 19.3 Å². The minimum absolute atomic E-state index is 0.0312. The van der Waals surface area contributed by atoms with E-state index in [0.29, 0.717) is 19.5 Å². The molecule has 0 bridgehead atoms. The van der Waals surface area contributed by atoms with Crippen molar-refractivity contribution in [1.29, 1.82) is 0 Å². The number of nitrogens with zero attached hydrogens (tertiary/aromatic N) is 2. The zero-order chi connectivity index (χ0) is 14.7. The van der Waals surface area contributed by atoms with E-state index in [1.807, 2.05) is 6.92 Å². The summed E-state index contributed by atoms with van der Waals surface area (Å²) in [5.41, 5.74) is 0. The van der Waals surface area contributed by atoms with Crippen molar-refractivity contribution < 1.29 is 19.5 Å². The second-order valence-electron chi connectivity index (χ2n) is 5.85. The highest BCUT2D eigenvalue weighted by Gasteiger charge is 2.37. The maximum absolute atomic E-state index is 12.2. The van der Waals surface area contributed by atoms with Crippen LogP contribution in [0.2, 0.25) is 0 Å². The van der Waals surface area contributed by atoms with Crippen LogP contribution in [-0.2, 0) is 14.4 Å². The molecule has 0 spiro atoms. The van der Waals surface area contributed by atoms with Crippen LogP contribution in [0.4, 0.5) is 0 Å². The molecule has 2 rings (SSSR count). The Morgan fingerprint density at radius 1 is 1.25 bits per heavy atom. The molecule has 6 heteroatoms. The van der Waals surface area contributed by atoms with Crippen LogP contribution in [-0.4, -0.2) is 58.9 Å². The first-order valence-corrected chi connectivity index (χ1v) is 7.27.